The number of rotatable bonds is 7. The molecule has 0 atom stereocenters. The number of nitrogens with zero attached hydrogens (tertiary/aromatic N) is 3. The lowest BCUT2D eigenvalue weighted by atomic mass is 9.85. The summed E-state index contributed by atoms with van der Waals surface area (Å²) in [7, 11) is 0. The van der Waals surface area contributed by atoms with Gasteiger partial charge in [0.25, 0.3) is 5.91 Å². The van der Waals surface area contributed by atoms with Crippen LogP contribution in [0.2, 0.25) is 0 Å². The van der Waals surface area contributed by atoms with Gasteiger partial charge in [0.15, 0.2) is 5.65 Å². The van der Waals surface area contributed by atoms with Gasteiger partial charge in [-0.15, -0.1) is 0 Å². The fraction of sp³-hybridized carbons (Fsp3) is 0.440. The molecule has 2 amide bonds. The topological polar surface area (TPSA) is 115 Å². The molecule has 1 fully saturated rings. The summed E-state index contributed by atoms with van der Waals surface area (Å²) in [6, 6.07) is 6.26. The smallest absolute Gasteiger partial charge is 0.255 e. The number of carbonyl (C=O) groups is 2. The summed E-state index contributed by atoms with van der Waals surface area (Å²) in [5.74, 6) is -0.470. The van der Waals surface area contributed by atoms with Gasteiger partial charge in [-0.05, 0) is 63.1 Å². The third-order valence-electron chi connectivity index (χ3n) is 6.84. The molecule has 0 saturated heterocycles. The van der Waals surface area contributed by atoms with E-state index in [0.717, 1.165) is 48.0 Å². The van der Waals surface area contributed by atoms with Gasteiger partial charge in [0.05, 0.1) is 22.8 Å². The van der Waals surface area contributed by atoms with Gasteiger partial charge in [0.2, 0.25) is 5.91 Å². The van der Waals surface area contributed by atoms with Crippen molar-refractivity contribution < 1.29 is 9.59 Å². The molecule has 1 aliphatic carbocycles. The number of fused-ring (bicyclic) bond motifs is 1. The van der Waals surface area contributed by atoms with Gasteiger partial charge in [0, 0.05) is 31.2 Å². The average molecular weight is 449 g/mol. The van der Waals surface area contributed by atoms with E-state index in [-0.39, 0.29) is 23.8 Å². The van der Waals surface area contributed by atoms with Gasteiger partial charge in [0.1, 0.15) is 0 Å². The molecule has 0 aliphatic heterocycles. The molecule has 8 nitrogen and oxygen atoms in total. The highest BCUT2D eigenvalue weighted by molar-refractivity contribution is 6.06. The molecule has 4 rings (SSSR count). The van der Waals surface area contributed by atoms with E-state index in [9.17, 15) is 9.59 Å². The van der Waals surface area contributed by atoms with Gasteiger partial charge in [-0.2, -0.15) is 5.10 Å². The van der Waals surface area contributed by atoms with Crippen LogP contribution in [0.25, 0.3) is 11.0 Å². The van der Waals surface area contributed by atoms with Crippen molar-refractivity contribution in [3.8, 4) is 0 Å². The standard InChI is InChI=1S/C25H32N6O2/c1-4-31-24-20(14-29-31)22(30-19-10-8-17(9-11-19)23(26)32)21(13-27-24)25(33)28-12-18-7-5-6-15(2)16(18)3/h5-7,13-14,17,19H,4,8-12H2,1-3H3,(H2,26,32)(H,27,30)(H,28,33). The molecule has 0 bridgehead atoms. The van der Waals surface area contributed by atoms with Crippen LogP contribution in [0.1, 0.15) is 59.7 Å². The monoisotopic (exact) mass is 448 g/mol. The summed E-state index contributed by atoms with van der Waals surface area (Å²) < 4.78 is 1.82. The number of amides is 2. The van der Waals surface area contributed by atoms with Crippen LogP contribution in [-0.2, 0) is 17.9 Å². The molecule has 2 aromatic heterocycles. The zero-order chi connectivity index (χ0) is 23.5. The molecular weight excluding hydrogens is 416 g/mol. The number of aromatic nitrogens is 3. The third kappa shape index (κ3) is 4.69. The number of hydrogen-bond donors (Lipinski definition) is 3. The van der Waals surface area contributed by atoms with E-state index in [0.29, 0.717) is 18.7 Å². The average Bonchev–Trinajstić information content (AvgIpc) is 3.24. The maximum Gasteiger partial charge on any atom is 0.255 e. The van der Waals surface area contributed by atoms with Crippen molar-refractivity contribution in [1.29, 1.82) is 0 Å². The zero-order valence-electron chi connectivity index (χ0n) is 19.5. The van der Waals surface area contributed by atoms with E-state index in [1.807, 2.05) is 23.7 Å². The summed E-state index contributed by atoms with van der Waals surface area (Å²) in [5, 5.41) is 11.9. The van der Waals surface area contributed by atoms with Crippen molar-refractivity contribution in [1.82, 2.24) is 20.1 Å². The lowest BCUT2D eigenvalue weighted by Gasteiger charge is -2.29. The van der Waals surface area contributed by atoms with Crippen LogP contribution >= 0.6 is 0 Å². The van der Waals surface area contributed by atoms with Crippen molar-refractivity contribution in [3.63, 3.8) is 0 Å². The van der Waals surface area contributed by atoms with E-state index in [2.05, 4.69) is 40.6 Å². The predicted octanol–water partition coefficient (Wildman–Crippen LogP) is 3.45. The minimum absolute atomic E-state index is 0.0660. The van der Waals surface area contributed by atoms with Crippen molar-refractivity contribution in [2.75, 3.05) is 5.32 Å². The number of carbonyl (C=O) groups excluding carboxylic acids is 2. The zero-order valence-corrected chi connectivity index (χ0v) is 19.5. The van der Waals surface area contributed by atoms with Gasteiger partial charge < -0.3 is 16.4 Å². The molecule has 0 radical (unpaired) electrons. The molecule has 174 valence electrons. The Kier molecular flexibility index (Phi) is 6.62. The molecule has 0 spiro atoms. The maximum atomic E-state index is 13.3. The highest BCUT2D eigenvalue weighted by Crippen LogP contribution is 2.31. The first-order valence-electron chi connectivity index (χ1n) is 11.6. The van der Waals surface area contributed by atoms with Crippen molar-refractivity contribution >= 4 is 28.5 Å². The van der Waals surface area contributed by atoms with E-state index in [4.69, 9.17) is 5.73 Å². The minimum atomic E-state index is -0.226. The Morgan fingerprint density at radius 2 is 1.91 bits per heavy atom. The Balaban J connectivity index is 1.60. The summed E-state index contributed by atoms with van der Waals surface area (Å²) in [4.78, 5) is 29.3. The number of nitrogens with two attached hydrogens (primary N) is 1. The predicted molar refractivity (Wildman–Crippen MR) is 129 cm³/mol. The van der Waals surface area contributed by atoms with Gasteiger partial charge in [-0.25, -0.2) is 9.67 Å². The van der Waals surface area contributed by atoms with Gasteiger partial charge in [-0.3, -0.25) is 9.59 Å². The summed E-state index contributed by atoms with van der Waals surface area (Å²) in [5.41, 5.74) is 11.0. The highest BCUT2D eigenvalue weighted by atomic mass is 16.2. The molecule has 3 aromatic rings. The minimum Gasteiger partial charge on any atom is -0.381 e. The molecule has 33 heavy (non-hydrogen) atoms. The first kappa shape index (κ1) is 22.8. The van der Waals surface area contributed by atoms with Crippen LogP contribution < -0.4 is 16.4 Å². The highest BCUT2D eigenvalue weighted by Gasteiger charge is 2.27. The first-order valence-corrected chi connectivity index (χ1v) is 11.6. The van der Waals surface area contributed by atoms with E-state index < -0.39 is 0 Å². The number of aryl methyl sites for hydroxylation is 2. The second-order valence-electron chi connectivity index (χ2n) is 8.88. The maximum absolute atomic E-state index is 13.3. The van der Waals surface area contributed by atoms with Crippen molar-refractivity contribution in [3.05, 3.63) is 52.8 Å². The van der Waals surface area contributed by atoms with Crippen molar-refractivity contribution in [2.24, 2.45) is 11.7 Å². The van der Waals surface area contributed by atoms with E-state index in [1.165, 1.54) is 11.1 Å². The summed E-state index contributed by atoms with van der Waals surface area (Å²) in [6.07, 6.45) is 6.55. The summed E-state index contributed by atoms with van der Waals surface area (Å²) >= 11 is 0. The number of anilines is 1. The lowest BCUT2D eigenvalue weighted by molar-refractivity contribution is -0.122. The quantitative estimate of drug-likeness (QED) is 0.512. The van der Waals surface area contributed by atoms with Crippen LogP contribution in [0.3, 0.4) is 0 Å². The Hall–Kier alpha value is -3.42. The fourth-order valence-corrected chi connectivity index (χ4v) is 4.59. The van der Waals surface area contributed by atoms with Crippen LogP contribution in [0.5, 0.6) is 0 Å². The lowest BCUT2D eigenvalue weighted by Crippen LogP contribution is -2.33. The van der Waals surface area contributed by atoms with Gasteiger partial charge in [-0.1, -0.05) is 18.2 Å². The largest absolute Gasteiger partial charge is 0.381 e. The van der Waals surface area contributed by atoms with Crippen LogP contribution in [-0.4, -0.2) is 32.6 Å². The Morgan fingerprint density at radius 1 is 1.15 bits per heavy atom. The number of hydrogen-bond acceptors (Lipinski definition) is 5. The molecule has 2 heterocycles. The van der Waals surface area contributed by atoms with Crippen LogP contribution in [0.15, 0.2) is 30.6 Å². The summed E-state index contributed by atoms with van der Waals surface area (Å²) in [6.45, 7) is 7.29. The number of primary amides is 1. The normalized spacial score (nSPS) is 18.3. The first-order chi connectivity index (χ1) is 15.9. The number of pyridine rings is 1. The Bertz CT molecular complexity index is 1180. The molecule has 1 saturated carbocycles. The molecule has 1 aliphatic rings. The van der Waals surface area contributed by atoms with E-state index in [1.54, 1.807) is 12.4 Å². The molecule has 4 N–H and O–H groups in total. The number of nitrogens with one attached hydrogen (secondary N) is 2. The fourth-order valence-electron chi connectivity index (χ4n) is 4.59. The Labute approximate surface area is 193 Å². The second-order valence-corrected chi connectivity index (χ2v) is 8.88. The molecule has 1 aromatic carbocycles. The van der Waals surface area contributed by atoms with E-state index >= 15 is 0 Å². The SMILES string of the molecule is CCn1ncc2c(NC3CCC(C(N)=O)CC3)c(C(=O)NCc3cccc(C)c3C)cnc21. The van der Waals surface area contributed by atoms with Crippen LogP contribution in [0.4, 0.5) is 5.69 Å². The third-order valence-corrected chi connectivity index (χ3v) is 6.84. The molecule has 0 unspecified atom stereocenters. The number of benzene rings is 1. The Morgan fingerprint density at radius 3 is 2.61 bits per heavy atom. The van der Waals surface area contributed by atoms with Gasteiger partial charge >= 0.3 is 0 Å². The van der Waals surface area contributed by atoms with Crippen LogP contribution in [0, 0.1) is 19.8 Å². The van der Waals surface area contributed by atoms with Crippen molar-refractivity contribution in [2.45, 2.75) is 65.6 Å². The second kappa shape index (κ2) is 9.60. The molecule has 8 heteroatoms. The molecular formula is C25H32N6O2.